The van der Waals surface area contributed by atoms with Crippen molar-refractivity contribution in [3.63, 3.8) is 0 Å². The average molecular weight is 346 g/mol. The van der Waals surface area contributed by atoms with Crippen LogP contribution in [0.2, 0.25) is 5.02 Å². The Labute approximate surface area is 143 Å². The van der Waals surface area contributed by atoms with Gasteiger partial charge >= 0.3 is 0 Å². The maximum absolute atomic E-state index is 12.4. The second kappa shape index (κ2) is 6.45. The van der Waals surface area contributed by atoms with Gasteiger partial charge in [0.05, 0.1) is 26.3 Å². The van der Waals surface area contributed by atoms with E-state index >= 15 is 0 Å². The Morgan fingerprint density at radius 3 is 2.50 bits per heavy atom. The summed E-state index contributed by atoms with van der Waals surface area (Å²) in [5.41, 5.74) is 1.13. The molecule has 0 radical (unpaired) electrons. The highest BCUT2D eigenvalue weighted by molar-refractivity contribution is 6.31. The normalized spacial score (nSPS) is 10.8. The summed E-state index contributed by atoms with van der Waals surface area (Å²) >= 11 is 6.05. The summed E-state index contributed by atoms with van der Waals surface area (Å²) in [6.45, 7) is 0.316. The quantitative estimate of drug-likeness (QED) is 0.787. The van der Waals surface area contributed by atoms with E-state index in [9.17, 15) is 9.90 Å². The number of benzene rings is 2. The van der Waals surface area contributed by atoms with Crippen LogP contribution < -0.4 is 15.0 Å². The average Bonchev–Trinajstić information content (AvgIpc) is 2.58. The van der Waals surface area contributed by atoms with E-state index in [0.29, 0.717) is 34.0 Å². The Kier molecular flexibility index (Phi) is 4.36. The third-order valence-corrected chi connectivity index (χ3v) is 4.08. The van der Waals surface area contributed by atoms with E-state index in [4.69, 9.17) is 21.1 Å². The van der Waals surface area contributed by atoms with E-state index < -0.39 is 0 Å². The van der Waals surface area contributed by atoms with Crippen LogP contribution in [0.5, 0.6) is 17.2 Å². The molecule has 0 fully saturated rings. The van der Waals surface area contributed by atoms with E-state index in [2.05, 4.69) is 0 Å². The number of methoxy groups -OCH3 is 2. The summed E-state index contributed by atoms with van der Waals surface area (Å²) in [6, 6.07) is 11.7. The summed E-state index contributed by atoms with van der Waals surface area (Å²) in [6.07, 6.45) is 0. The zero-order valence-electron chi connectivity index (χ0n) is 13.2. The number of hydrogen-bond donors (Lipinski definition) is 1. The monoisotopic (exact) mass is 345 g/mol. The number of ether oxygens (including phenoxy) is 2. The molecule has 5 nitrogen and oxygen atoms in total. The number of aromatic hydroxyl groups is 1. The van der Waals surface area contributed by atoms with Gasteiger partial charge in [0.15, 0.2) is 11.5 Å². The van der Waals surface area contributed by atoms with Crippen molar-refractivity contribution in [3.8, 4) is 17.2 Å². The molecule has 0 atom stereocenters. The van der Waals surface area contributed by atoms with E-state index in [-0.39, 0.29) is 11.3 Å². The van der Waals surface area contributed by atoms with Crippen LogP contribution in [0.15, 0.2) is 47.3 Å². The molecule has 1 N–H and O–H groups in total. The topological polar surface area (TPSA) is 60.7 Å². The molecule has 3 aromatic rings. The highest BCUT2D eigenvalue weighted by Gasteiger charge is 2.11. The predicted octanol–water partition coefficient (Wildman–Crippen LogP) is 3.43. The van der Waals surface area contributed by atoms with E-state index in [1.54, 1.807) is 43.1 Å². The van der Waals surface area contributed by atoms with Gasteiger partial charge in [-0.1, -0.05) is 17.7 Å². The first-order valence-corrected chi connectivity index (χ1v) is 7.64. The second-order valence-corrected chi connectivity index (χ2v) is 5.74. The molecule has 0 aliphatic rings. The highest BCUT2D eigenvalue weighted by atomic mass is 35.5. The van der Waals surface area contributed by atoms with Gasteiger partial charge in [-0.2, -0.15) is 0 Å². The molecule has 24 heavy (non-hydrogen) atoms. The minimum Gasteiger partial charge on any atom is -0.507 e. The van der Waals surface area contributed by atoms with Gasteiger partial charge in [-0.05, 0) is 35.9 Å². The van der Waals surface area contributed by atoms with Crippen molar-refractivity contribution in [2.45, 2.75) is 6.54 Å². The van der Waals surface area contributed by atoms with Gasteiger partial charge in [0.2, 0.25) is 0 Å². The molecule has 6 heteroatoms. The third-order valence-electron chi connectivity index (χ3n) is 3.84. The van der Waals surface area contributed by atoms with Crippen molar-refractivity contribution in [1.29, 1.82) is 0 Å². The molecule has 1 heterocycles. The van der Waals surface area contributed by atoms with Gasteiger partial charge in [-0.3, -0.25) is 4.79 Å². The van der Waals surface area contributed by atoms with Crippen molar-refractivity contribution in [1.82, 2.24) is 4.57 Å². The maximum atomic E-state index is 12.4. The van der Waals surface area contributed by atoms with Gasteiger partial charge in [-0.25, -0.2) is 0 Å². The van der Waals surface area contributed by atoms with Crippen LogP contribution in [0.3, 0.4) is 0 Å². The molecule has 0 unspecified atom stereocenters. The lowest BCUT2D eigenvalue weighted by Crippen LogP contribution is -2.20. The van der Waals surface area contributed by atoms with E-state index in [1.165, 1.54) is 6.07 Å². The lowest BCUT2D eigenvalue weighted by atomic mass is 10.1. The zero-order valence-corrected chi connectivity index (χ0v) is 14.0. The Morgan fingerprint density at radius 2 is 1.79 bits per heavy atom. The maximum Gasteiger partial charge on any atom is 0.255 e. The van der Waals surface area contributed by atoms with Gasteiger partial charge in [-0.15, -0.1) is 0 Å². The van der Waals surface area contributed by atoms with Crippen molar-refractivity contribution >= 4 is 22.5 Å². The lowest BCUT2D eigenvalue weighted by Gasteiger charge is -2.13. The SMILES string of the molecule is COc1ccc(Cn2c(=O)cc(O)c3ccc(Cl)cc32)cc1OC. The van der Waals surface area contributed by atoms with Gasteiger partial charge in [0.25, 0.3) is 5.56 Å². The van der Waals surface area contributed by atoms with Crippen molar-refractivity contribution in [3.05, 3.63) is 63.4 Å². The lowest BCUT2D eigenvalue weighted by molar-refractivity contribution is 0.354. The zero-order chi connectivity index (χ0) is 17.3. The molecule has 0 aliphatic carbocycles. The van der Waals surface area contributed by atoms with E-state index in [1.807, 2.05) is 12.1 Å². The molecular formula is C18H16ClNO4. The molecule has 0 amide bonds. The van der Waals surface area contributed by atoms with Crippen LogP contribution in [0, 0.1) is 0 Å². The van der Waals surface area contributed by atoms with Crippen molar-refractivity contribution in [2.75, 3.05) is 14.2 Å². The van der Waals surface area contributed by atoms with Crippen LogP contribution in [0.25, 0.3) is 10.9 Å². The largest absolute Gasteiger partial charge is 0.507 e. The highest BCUT2D eigenvalue weighted by Crippen LogP contribution is 2.29. The van der Waals surface area contributed by atoms with Crippen LogP contribution in [0.1, 0.15) is 5.56 Å². The van der Waals surface area contributed by atoms with Gasteiger partial charge in [0, 0.05) is 16.5 Å². The summed E-state index contributed by atoms with van der Waals surface area (Å²) < 4.78 is 12.1. The minimum atomic E-state index is -0.308. The summed E-state index contributed by atoms with van der Waals surface area (Å²) in [4.78, 5) is 12.4. The fourth-order valence-corrected chi connectivity index (χ4v) is 2.83. The molecule has 0 aliphatic heterocycles. The summed E-state index contributed by atoms with van der Waals surface area (Å²) in [5, 5.41) is 11.1. The van der Waals surface area contributed by atoms with Crippen LogP contribution >= 0.6 is 11.6 Å². The van der Waals surface area contributed by atoms with Gasteiger partial charge in [0.1, 0.15) is 5.75 Å². The molecule has 0 spiro atoms. The molecule has 124 valence electrons. The minimum absolute atomic E-state index is 0.0600. The first-order valence-electron chi connectivity index (χ1n) is 7.26. The Balaban J connectivity index is 2.14. The summed E-state index contributed by atoms with van der Waals surface area (Å²) in [7, 11) is 3.13. The number of nitrogens with zero attached hydrogens (tertiary/aromatic N) is 1. The fraction of sp³-hybridized carbons (Fsp3) is 0.167. The number of aromatic nitrogens is 1. The molecular weight excluding hydrogens is 330 g/mol. The van der Waals surface area contributed by atoms with Gasteiger partial charge < -0.3 is 19.1 Å². The molecule has 1 aromatic heterocycles. The second-order valence-electron chi connectivity index (χ2n) is 5.30. The Morgan fingerprint density at radius 1 is 1.04 bits per heavy atom. The fourth-order valence-electron chi connectivity index (χ4n) is 2.66. The first-order chi connectivity index (χ1) is 11.5. The number of fused-ring (bicyclic) bond motifs is 1. The molecule has 0 saturated heterocycles. The Hall–Kier alpha value is -2.66. The van der Waals surface area contributed by atoms with E-state index in [0.717, 1.165) is 5.56 Å². The molecule has 0 saturated carbocycles. The van der Waals surface area contributed by atoms with Crippen molar-refractivity contribution < 1.29 is 14.6 Å². The molecule has 0 bridgehead atoms. The van der Waals surface area contributed by atoms with Crippen LogP contribution in [0.4, 0.5) is 0 Å². The number of halogens is 1. The standard InChI is InChI=1S/C18H16ClNO4/c1-23-16-6-3-11(7-17(16)24-2)10-20-14-8-12(19)4-5-13(14)15(21)9-18(20)22/h3-9,21H,10H2,1-2H3. The number of rotatable bonds is 4. The smallest absolute Gasteiger partial charge is 0.255 e. The molecule has 2 aromatic carbocycles. The molecule has 3 rings (SSSR count). The van der Waals surface area contributed by atoms with Crippen LogP contribution in [-0.2, 0) is 6.54 Å². The predicted molar refractivity (Wildman–Crippen MR) is 93.5 cm³/mol. The third kappa shape index (κ3) is 2.90. The first kappa shape index (κ1) is 16.2. The Bertz CT molecular complexity index is 965. The van der Waals surface area contributed by atoms with Crippen LogP contribution in [-0.4, -0.2) is 23.9 Å². The summed E-state index contributed by atoms with van der Waals surface area (Å²) in [5.74, 6) is 1.14. The number of pyridine rings is 1. The number of hydrogen-bond acceptors (Lipinski definition) is 4. The van der Waals surface area contributed by atoms with Crippen molar-refractivity contribution in [2.24, 2.45) is 0 Å².